The van der Waals surface area contributed by atoms with Crippen LogP contribution in [0.2, 0.25) is 0 Å². The van der Waals surface area contributed by atoms with Crippen molar-refractivity contribution in [3.8, 4) is 0 Å². The van der Waals surface area contributed by atoms with Gasteiger partial charge in [0.2, 0.25) is 0 Å². The molecule has 0 saturated heterocycles. The fourth-order valence-electron chi connectivity index (χ4n) is 0.944. The van der Waals surface area contributed by atoms with Crippen LogP contribution in [0.25, 0.3) is 0 Å². The molecule has 0 heterocycles. The predicted octanol–water partition coefficient (Wildman–Crippen LogP) is 1.02. The van der Waals surface area contributed by atoms with Crippen molar-refractivity contribution >= 4 is 17.7 Å². The van der Waals surface area contributed by atoms with Gasteiger partial charge in [-0.3, -0.25) is 9.59 Å². The number of methoxy groups -OCH3 is 1. The molecular formula is C11H16O5. The van der Waals surface area contributed by atoms with Crippen LogP contribution in [0, 0.1) is 0 Å². The number of ether oxygens (including phenoxy) is 2. The summed E-state index contributed by atoms with van der Waals surface area (Å²) in [5.41, 5.74) is 0. The molecule has 0 rings (SSSR count). The third-order valence-electron chi connectivity index (χ3n) is 1.72. The van der Waals surface area contributed by atoms with Crippen LogP contribution >= 0.6 is 0 Å². The van der Waals surface area contributed by atoms with Crippen molar-refractivity contribution in [1.82, 2.24) is 0 Å². The summed E-state index contributed by atoms with van der Waals surface area (Å²) in [6.45, 7) is 1.96. The summed E-state index contributed by atoms with van der Waals surface area (Å²) in [5, 5.41) is 0. The Balaban J connectivity index is 3.74. The Kier molecular flexibility index (Phi) is 7.75. The molecule has 0 aliphatic heterocycles. The SMILES string of the molecule is CCOC(=O)C=CC(=O)CCCC(=O)OC. The van der Waals surface area contributed by atoms with E-state index in [2.05, 4.69) is 9.47 Å². The largest absolute Gasteiger partial charge is 0.469 e. The van der Waals surface area contributed by atoms with Gasteiger partial charge >= 0.3 is 11.9 Å². The van der Waals surface area contributed by atoms with Crippen molar-refractivity contribution in [2.45, 2.75) is 26.2 Å². The van der Waals surface area contributed by atoms with Gasteiger partial charge in [0.1, 0.15) is 0 Å². The Morgan fingerprint density at radius 1 is 1.12 bits per heavy atom. The molecule has 0 aromatic rings. The third-order valence-corrected chi connectivity index (χ3v) is 1.72. The first-order valence-electron chi connectivity index (χ1n) is 5.04. The molecule has 90 valence electrons. The Morgan fingerprint density at radius 2 is 1.81 bits per heavy atom. The Hall–Kier alpha value is -1.65. The number of hydrogen-bond donors (Lipinski definition) is 0. The van der Waals surface area contributed by atoms with Crippen molar-refractivity contribution in [2.24, 2.45) is 0 Å². The molecule has 0 bridgehead atoms. The summed E-state index contributed by atoms with van der Waals surface area (Å²) in [6.07, 6.45) is 3.08. The molecule has 0 fully saturated rings. The second-order valence-electron chi connectivity index (χ2n) is 2.98. The van der Waals surface area contributed by atoms with Gasteiger partial charge in [-0.2, -0.15) is 0 Å². The minimum absolute atomic E-state index is 0.204. The molecule has 0 amide bonds. The van der Waals surface area contributed by atoms with E-state index in [-0.39, 0.29) is 31.2 Å². The van der Waals surface area contributed by atoms with Gasteiger partial charge in [-0.1, -0.05) is 0 Å². The molecule has 0 saturated carbocycles. The van der Waals surface area contributed by atoms with Crippen LogP contribution < -0.4 is 0 Å². The van der Waals surface area contributed by atoms with E-state index in [1.54, 1.807) is 6.92 Å². The van der Waals surface area contributed by atoms with Gasteiger partial charge in [0.15, 0.2) is 5.78 Å². The lowest BCUT2D eigenvalue weighted by Crippen LogP contribution is -2.03. The number of carbonyl (C=O) groups is 3. The lowest BCUT2D eigenvalue weighted by molar-refractivity contribution is -0.141. The Morgan fingerprint density at radius 3 is 2.38 bits per heavy atom. The maximum absolute atomic E-state index is 11.2. The number of allylic oxidation sites excluding steroid dienone is 1. The highest BCUT2D eigenvalue weighted by atomic mass is 16.5. The standard InChI is InChI=1S/C11H16O5/c1-3-16-11(14)8-7-9(12)5-4-6-10(13)15-2/h7-8H,3-6H2,1-2H3. The summed E-state index contributed by atoms with van der Waals surface area (Å²) in [7, 11) is 1.30. The van der Waals surface area contributed by atoms with Crippen LogP contribution in [-0.4, -0.2) is 31.4 Å². The zero-order valence-corrected chi connectivity index (χ0v) is 9.52. The monoisotopic (exact) mass is 228 g/mol. The summed E-state index contributed by atoms with van der Waals surface area (Å²) in [6, 6.07) is 0. The van der Waals surface area contributed by atoms with Crippen molar-refractivity contribution in [3.05, 3.63) is 12.2 Å². The van der Waals surface area contributed by atoms with Gasteiger partial charge in [0.25, 0.3) is 0 Å². The predicted molar refractivity (Wildman–Crippen MR) is 56.6 cm³/mol. The minimum atomic E-state index is -0.538. The van der Waals surface area contributed by atoms with E-state index in [0.717, 1.165) is 12.2 Å². The van der Waals surface area contributed by atoms with E-state index in [9.17, 15) is 14.4 Å². The smallest absolute Gasteiger partial charge is 0.330 e. The van der Waals surface area contributed by atoms with E-state index in [1.165, 1.54) is 7.11 Å². The topological polar surface area (TPSA) is 69.7 Å². The normalized spacial score (nSPS) is 10.1. The number of hydrogen-bond acceptors (Lipinski definition) is 5. The molecule has 0 aliphatic rings. The van der Waals surface area contributed by atoms with Gasteiger partial charge in [-0.15, -0.1) is 0 Å². The summed E-state index contributed by atoms with van der Waals surface area (Å²) in [5.74, 6) is -1.09. The average Bonchev–Trinajstić information content (AvgIpc) is 2.26. The molecule has 0 unspecified atom stereocenters. The molecule has 5 heteroatoms. The fourth-order valence-corrected chi connectivity index (χ4v) is 0.944. The second-order valence-corrected chi connectivity index (χ2v) is 2.98. The molecule has 0 atom stereocenters. The molecule has 5 nitrogen and oxygen atoms in total. The quantitative estimate of drug-likeness (QED) is 0.480. The summed E-state index contributed by atoms with van der Waals surface area (Å²) >= 11 is 0. The Labute approximate surface area is 94.4 Å². The molecule has 16 heavy (non-hydrogen) atoms. The van der Waals surface area contributed by atoms with Gasteiger partial charge in [-0.05, 0) is 19.4 Å². The first-order chi connectivity index (χ1) is 7.60. The minimum Gasteiger partial charge on any atom is -0.469 e. The van der Waals surface area contributed by atoms with Gasteiger partial charge in [0.05, 0.1) is 13.7 Å². The van der Waals surface area contributed by atoms with E-state index in [1.807, 2.05) is 0 Å². The lowest BCUT2D eigenvalue weighted by atomic mass is 10.1. The van der Waals surface area contributed by atoms with Crippen molar-refractivity contribution in [1.29, 1.82) is 0 Å². The van der Waals surface area contributed by atoms with E-state index in [0.29, 0.717) is 6.42 Å². The van der Waals surface area contributed by atoms with Crippen molar-refractivity contribution in [3.63, 3.8) is 0 Å². The Bertz CT molecular complexity index is 280. The summed E-state index contributed by atoms with van der Waals surface area (Å²) in [4.78, 5) is 32.7. The van der Waals surface area contributed by atoms with Gasteiger partial charge in [-0.25, -0.2) is 4.79 Å². The molecule has 0 N–H and O–H groups in total. The van der Waals surface area contributed by atoms with Gasteiger partial charge < -0.3 is 9.47 Å². The molecule has 0 aromatic heterocycles. The van der Waals surface area contributed by atoms with Crippen LogP contribution in [-0.2, 0) is 23.9 Å². The van der Waals surface area contributed by atoms with Crippen LogP contribution in [0.15, 0.2) is 12.2 Å². The van der Waals surface area contributed by atoms with Gasteiger partial charge in [0, 0.05) is 18.9 Å². The highest BCUT2D eigenvalue weighted by Gasteiger charge is 2.03. The molecule has 0 spiro atoms. The van der Waals surface area contributed by atoms with E-state index in [4.69, 9.17) is 0 Å². The highest BCUT2D eigenvalue weighted by molar-refractivity contribution is 5.95. The molecule has 0 radical (unpaired) electrons. The summed E-state index contributed by atoms with van der Waals surface area (Å²) < 4.78 is 9.02. The van der Waals surface area contributed by atoms with Crippen LogP contribution in [0.1, 0.15) is 26.2 Å². The zero-order chi connectivity index (χ0) is 12.4. The highest BCUT2D eigenvalue weighted by Crippen LogP contribution is 1.99. The van der Waals surface area contributed by atoms with Crippen molar-refractivity contribution < 1.29 is 23.9 Å². The van der Waals surface area contributed by atoms with Crippen LogP contribution in [0.5, 0.6) is 0 Å². The van der Waals surface area contributed by atoms with E-state index < -0.39 is 5.97 Å². The number of esters is 2. The fraction of sp³-hybridized carbons (Fsp3) is 0.545. The van der Waals surface area contributed by atoms with Crippen molar-refractivity contribution in [2.75, 3.05) is 13.7 Å². The average molecular weight is 228 g/mol. The first-order valence-corrected chi connectivity index (χ1v) is 5.04. The maximum atomic E-state index is 11.2. The molecule has 0 aliphatic carbocycles. The lowest BCUT2D eigenvalue weighted by Gasteiger charge is -1.97. The van der Waals surface area contributed by atoms with E-state index >= 15 is 0 Å². The number of ketones is 1. The number of carbonyl (C=O) groups excluding carboxylic acids is 3. The first kappa shape index (κ1) is 14.3. The molecular weight excluding hydrogens is 212 g/mol. The molecule has 0 aromatic carbocycles. The second kappa shape index (κ2) is 8.64. The number of rotatable bonds is 7. The zero-order valence-electron chi connectivity index (χ0n) is 9.52. The maximum Gasteiger partial charge on any atom is 0.330 e. The third kappa shape index (κ3) is 7.73. The van der Waals surface area contributed by atoms with Crippen LogP contribution in [0.3, 0.4) is 0 Å². The van der Waals surface area contributed by atoms with Crippen LogP contribution in [0.4, 0.5) is 0 Å².